The second-order valence-corrected chi connectivity index (χ2v) is 8.40. The number of nitrogens with one attached hydrogen (secondary N) is 1. The van der Waals surface area contributed by atoms with Crippen LogP contribution in [0.1, 0.15) is 22.5 Å². The van der Waals surface area contributed by atoms with E-state index >= 15 is 0 Å². The Labute approximate surface area is 183 Å². The summed E-state index contributed by atoms with van der Waals surface area (Å²) < 4.78 is 13.4. The van der Waals surface area contributed by atoms with Crippen molar-refractivity contribution in [2.24, 2.45) is 7.05 Å². The lowest BCUT2D eigenvalue weighted by Gasteiger charge is -2.09. The predicted octanol–water partition coefficient (Wildman–Crippen LogP) is 4.41. The number of ether oxygens (including phenoxy) is 2. The van der Waals surface area contributed by atoms with Crippen molar-refractivity contribution in [1.82, 2.24) is 19.7 Å². The van der Waals surface area contributed by atoms with Gasteiger partial charge in [-0.15, -0.1) is 10.2 Å². The molecule has 0 amide bonds. The van der Waals surface area contributed by atoms with Gasteiger partial charge in [-0.1, -0.05) is 30.0 Å². The van der Waals surface area contributed by atoms with Crippen molar-refractivity contribution in [3.8, 4) is 22.9 Å². The SMILES string of the molecule is Cc1[nH]c2ccccc2c1C(=O)CSc1nnc(-c2ccc3c(c2)OCCCO3)n1C. The molecule has 1 N–H and O–H groups in total. The molecule has 0 spiro atoms. The van der Waals surface area contributed by atoms with Crippen LogP contribution in [0.2, 0.25) is 0 Å². The van der Waals surface area contributed by atoms with Crippen LogP contribution in [0.3, 0.4) is 0 Å². The lowest BCUT2D eigenvalue weighted by molar-refractivity contribution is 0.102. The lowest BCUT2D eigenvalue weighted by Crippen LogP contribution is -2.05. The predicted molar refractivity (Wildman–Crippen MR) is 120 cm³/mol. The number of hydrogen-bond donors (Lipinski definition) is 1. The molecule has 31 heavy (non-hydrogen) atoms. The average molecular weight is 435 g/mol. The molecule has 0 radical (unpaired) electrons. The minimum Gasteiger partial charge on any atom is -0.490 e. The van der Waals surface area contributed by atoms with Crippen LogP contribution in [0.15, 0.2) is 47.6 Å². The van der Waals surface area contributed by atoms with Crippen molar-refractivity contribution in [1.29, 1.82) is 0 Å². The summed E-state index contributed by atoms with van der Waals surface area (Å²) in [6.45, 7) is 3.22. The summed E-state index contributed by atoms with van der Waals surface area (Å²) in [6, 6.07) is 13.6. The van der Waals surface area contributed by atoms with Gasteiger partial charge in [0.05, 0.1) is 19.0 Å². The maximum atomic E-state index is 13.0. The van der Waals surface area contributed by atoms with E-state index in [1.165, 1.54) is 11.8 Å². The highest BCUT2D eigenvalue weighted by molar-refractivity contribution is 7.99. The van der Waals surface area contributed by atoms with Crippen molar-refractivity contribution >= 4 is 28.4 Å². The topological polar surface area (TPSA) is 82.0 Å². The van der Waals surface area contributed by atoms with Gasteiger partial charge in [-0.05, 0) is 31.2 Å². The van der Waals surface area contributed by atoms with E-state index in [1.807, 2.05) is 61.0 Å². The van der Waals surface area contributed by atoms with Gasteiger partial charge < -0.3 is 19.0 Å². The van der Waals surface area contributed by atoms with Gasteiger partial charge in [0.15, 0.2) is 28.3 Å². The van der Waals surface area contributed by atoms with Gasteiger partial charge in [-0.25, -0.2) is 0 Å². The fourth-order valence-corrected chi connectivity index (χ4v) is 4.62. The van der Waals surface area contributed by atoms with Crippen molar-refractivity contribution < 1.29 is 14.3 Å². The lowest BCUT2D eigenvalue weighted by atomic mass is 10.1. The number of aromatic nitrogens is 4. The molecule has 158 valence electrons. The van der Waals surface area contributed by atoms with Crippen molar-refractivity contribution in [2.45, 2.75) is 18.5 Å². The molecule has 0 saturated heterocycles. The summed E-state index contributed by atoms with van der Waals surface area (Å²) in [7, 11) is 1.90. The third-order valence-corrected chi connectivity index (χ3v) is 6.37. The summed E-state index contributed by atoms with van der Waals surface area (Å²) >= 11 is 1.39. The summed E-state index contributed by atoms with van der Waals surface area (Å²) in [5.41, 5.74) is 3.50. The molecule has 5 rings (SSSR count). The first-order valence-electron chi connectivity index (χ1n) is 10.1. The van der Waals surface area contributed by atoms with Crippen LogP contribution in [-0.4, -0.2) is 44.5 Å². The van der Waals surface area contributed by atoms with Crippen molar-refractivity contribution in [2.75, 3.05) is 19.0 Å². The number of Topliss-reactive ketones (excluding diaryl/α,β-unsaturated/α-hetero) is 1. The number of fused-ring (bicyclic) bond motifs is 2. The third-order valence-electron chi connectivity index (χ3n) is 5.35. The molecule has 2 aromatic carbocycles. The zero-order chi connectivity index (χ0) is 21.4. The second kappa shape index (κ2) is 8.11. The standard InChI is InChI=1S/C23H22N4O3S/c1-14-21(16-6-3-4-7-17(16)24-14)18(28)13-31-23-26-25-22(27(23)2)15-8-9-19-20(12-15)30-11-5-10-29-19/h3-4,6-9,12,24H,5,10-11,13H2,1-2H3. The fraction of sp³-hybridized carbons (Fsp3) is 0.261. The molecule has 8 heteroatoms. The quantitative estimate of drug-likeness (QED) is 0.370. The highest BCUT2D eigenvalue weighted by atomic mass is 32.2. The first-order chi connectivity index (χ1) is 15.1. The highest BCUT2D eigenvalue weighted by Gasteiger charge is 2.19. The largest absolute Gasteiger partial charge is 0.490 e. The van der Waals surface area contributed by atoms with Crippen LogP contribution < -0.4 is 9.47 Å². The molecule has 0 fully saturated rings. The Morgan fingerprint density at radius 3 is 2.81 bits per heavy atom. The van der Waals surface area contributed by atoms with Crippen LogP contribution in [0.4, 0.5) is 0 Å². The molecule has 1 aliphatic rings. The smallest absolute Gasteiger partial charge is 0.191 e. The van der Waals surface area contributed by atoms with E-state index in [9.17, 15) is 4.79 Å². The van der Waals surface area contributed by atoms with Gasteiger partial charge in [0, 0.05) is 41.2 Å². The first kappa shape index (κ1) is 19.7. The maximum Gasteiger partial charge on any atom is 0.191 e. The molecule has 0 saturated carbocycles. The van der Waals surface area contributed by atoms with Crippen LogP contribution in [0.25, 0.3) is 22.3 Å². The summed E-state index contributed by atoms with van der Waals surface area (Å²) in [6.07, 6.45) is 0.860. The molecular formula is C23H22N4O3S. The van der Waals surface area contributed by atoms with Crippen molar-refractivity contribution in [3.05, 3.63) is 53.7 Å². The molecule has 0 unspecified atom stereocenters. The van der Waals surface area contributed by atoms with Gasteiger partial charge >= 0.3 is 0 Å². The van der Waals surface area contributed by atoms with Gasteiger partial charge in [0.1, 0.15) is 0 Å². The number of carbonyl (C=O) groups is 1. The monoisotopic (exact) mass is 434 g/mol. The molecular weight excluding hydrogens is 412 g/mol. The van der Waals surface area contributed by atoms with E-state index in [0.29, 0.717) is 24.2 Å². The van der Waals surface area contributed by atoms with Gasteiger partial charge in [-0.3, -0.25) is 4.79 Å². The third kappa shape index (κ3) is 3.67. The summed E-state index contributed by atoms with van der Waals surface area (Å²) in [4.78, 5) is 16.3. The van der Waals surface area contributed by atoms with E-state index in [-0.39, 0.29) is 11.5 Å². The Balaban J connectivity index is 1.35. The molecule has 0 bridgehead atoms. The number of para-hydroxylation sites is 1. The molecule has 2 aromatic heterocycles. The number of benzene rings is 2. The maximum absolute atomic E-state index is 13.0. The molecule has 3 heterocycles. The Hall–Kier alpha value is -3.26. The van der Waals surface area contributed by atoms with Gasteiger partial charge in [0.2, 0.25) is 0 Å². The Bertz CT molecular complexity index is 1280. The zero-order valence-corrected chi connectivity index (χ0v) is 18.2. The minimum absolute atomic E-state index is 0.0695. The number of aromatic amines is 1. The van der Waals surface area contributed by atoms with Gasteiger partial charge in [0.25, 0.3) is 0 Å². The number of nitrogens with zero attached hydrogens (tertiary/aromatic N) is 3. The zero-order valence-electron chi connectivity index (χ0n) is 17.3. The molecule has 1 aliphatic heterocycles. The number of carbonyl (C=O) groups excluding carboxylic acids is 1. The normalized spacial score (nSPS) is 13.4. The minimum atomic E-state index is 0.0695. The van der Waals surface area contributed by atoms with E-state index in [0.717, 1.165) is 45.6 Å². The van der Waals surface area contributed by atoms with Crippen LogP contribution in [0.5, 0.6) is 11.5 Å². The number of ketones is 1. The average Bonchev–Trinajstić information content (AvgIpc) is 3.20. The van der Waals surface area contributed by atoms with Crippen molar-refractivity contribution in [3.63, 3.8) is 0 Å². The number of hydrogen-bond acceptors (Lipinski definition) is 6. The summed E-state index contributed by atoms with van der Waals surface area (Å²) in [5, 5.41) is 10.3. The second-order valence-electron chi connectivity index (χ2n) is 7.46. The van der Waals surface area contributed by atoms with Crippen LogP contribution in [-0.2, 0) is 7.05 Å². The molecule has 7 nitrogen and oxygen atoms in total. The number of rotatable bonds is 5. The molecule has 0 atom stereocenters. The number of aryl methyl sites for hydroxylation is 1. The highest BCUT2D eigenvalue weighted by Crippen LogP contribution is 2.34. The molecule has 4 aromatic rings. The summed E-state index contributed by atoms with van der Waals surface area (Å²) in [5.74, 6) is 2.54. The number of H-pyrrole nitrogens is 1. The van der Waals surface area contributed by atoms with E-state index < -0.39 is 0 Å². The fourth-order valence-electron chi connectivity index (χ4n) is 3.83. The Morgan fingerprint density at radius 1 is 1.13 bits per heavy atom. The Kier molecular flexibility index (Phi) is 5.15. The van der Waals surface area contributed by atoms with Crippen LogP contribution in [0, 0.1) is 6.92 Å². The van der Waals surface area contributed by atoms with Crippen LogP contribution >= 0.6 is 11.8 Å². The van der Waals surface area contributed by atoms with Gasteiger partial charge in [-0.2, -0.15) is 0 Å². The number of thioether (sulfide) groups is 1. The first-order valence-corrected chi connectivity index (χ1v) is 11.1. The molecule has 0 aliphatic carbocycles. The van der Waals surface area contributed by atoms with E-state index in [4.69, 9.17) is 9.47 Å². The van der Waals surface area contributed by atoms with E-state index in [1.54, 1.807) is 0 Å². The van der Waals surface area contributed by atoms with E-state index in [2.05, 4.69) is 15.2 Å². The Morgan fingerprint density at radius 2 is 1.94 bits per heavy atom.